The molecule has 1 aliphatic carbocycles. The zero-order valence-corrected chi connectivity index (χ0v) is 33.5. The monoisotopic (exact) mass is 764 g/mol. The third-order valence-corrected chi connectivity index (χ3v) is 9.93. The molecular formula is C40H56N6O9. The molecule has 4 atom stereocenters. The molecule has 15 heteroatoms. The van der Waals surface area contributed by atoms with E-state index in [4.69, 9.17) is 4.74 Å². The lowest BCUT2D eigenvalue weighted by Gasteiger charge is -2.34. The number of rotatable bonds is 17. The van der Waals surface area contributed by atoms with Crippen LogP contribution in [-0.2, 0) is 33.5 Å². The fourth-order valence-corrected chi connectivity index (χ4v) is 6.79. The van der Waals surface area contributed by atoms with Crippen molar-refractivity contribution in [2.24, 2.45) is 11.8 Å². The van der Waals surface area contributed by atoms with Crippen molar-refractivity contribution in [2.75, 3.05) is 48.4 Å². The molecule has 0 aliphatic heterocycles. The van der Waals surface area contributed by atoms with Gasteiger partial charge >= 0.3 is 12.1 Å². The number of ether oxygens (including phenoxy) is 1. The van der Waals surface area contributed by atoms with Crippen molar-refractivity contribution in [3.63, 3.8) is 0 Å². The van der Waals surface area contributed by atoms with Crippen LogP contribution in [0.2, 0.25) is 0 Å². The first-order valence-electron chi connectivity index (χ1n) is 18.4. The molecule has 3 rings (SSSR count). The van der Waals surface area contributed by atoms with E-state index < -0.39 is 84.6 Å². The van der Waals surface area contributed by atoms with Gasteiger partial charge in [-0.05, 0) is 47.4 Å². The van der Waals surface area contributed by atoms with E-state index in [1.165, 1.54) is 45.0 Å². The van der Waals surface area contributed by atoms with Crippen LogP contribution in [0.1, 0.15) is 64.5 Å². The molecule has 0 radical (unpaired) electrons. The smallest absolute Gasteiger partial charge is 0.410 e. The number of likely N-dealkylation sites (N-methyl/N-ethyl adjacent to an activating group) is 4. The standard InChI is InChI=1S/C40H56N6O9/c1-23(2)19-32(36(50)41-21-33(47)46(10)35(24(3)4)37(51)42-31(20-34(48)49)39(53)43(6)7)45(9)38(52)25(5)44(8)40(54)55-22-30-28-17-13-11-15-26(28)27-16-12-14-18-29(27)30/h11-18,23-25,30-32,35H,19-22H2,1-10H3,(H,41,50)(H,42,51)(H,48,49)/t25-,31-,32-,35?/m0/s1. The molecule has 0 saturated carbocycles. The van der Waals surface area contributed by atoms with E-state index in [1.54, 1.807) is 20.8 Å². The Hall–Kier alpha value is -5.47. The summed E-state index contributed by atoms with van der Waals surface area (Å²) in [5.74, 6) is -5.02. The normalized spacial score (nSPS) is 14.1. The van der Waals surface area contributed by atoms with Crippen molar-refractivity contribution < 1.29 is 43.4 Å². The minimum atomic E-state index is -1.35. The number of carbonyl (C=O) groups excluding carboxylic acids is 6. The highest BCUT2D eigenvalue weighted by Gasteiger charge is 2.37. The minimum Gasteiger partial charge on any atom is -0.481 e. The summed E-state index contributed by atoms with van der Waals surface area (Å²) < 4.78 is 5.75. The van der Waals surface area contributed by atoms with Crippen molar-refractivity contribution >= 4 is 41.6 Å². The fraction of sp³-hybridized carbons (Fsp3) is 0.525. The Kier molecular flexibility index (Phi) is 15.4. The molecule has 0 aromatic heterocycles. The molecule has 1 unspecified atom stereocenters. The van der Waals surface area contributed by atoms with Crippen molar-refractivity contribution in [3.8, 4) is 11.1 Å². The van der Waals surface area contributed by atoms with Crippen LogP contribution in [0.3, 0.4) is 0 Å². The van der Waals surface area contributed by atoms with Gasteiger partial charge in [0.2, 0.25) is 29.5 Å². The van der Waals surface area contributed by atoms with Crippen molar-refractivity contribution in [3.05, 3.63) is 59.7 Å². The van der Waals surface area contributed by atoms with E-state index in [2.05, 4.69) is 10.6 Å². The molecular weight excluding hydrogens is 708 g/mol. The predicted molar refractivity (Wildman–Crippen MR) is 206 cm³/mol. The van der Waals surface area contributed by atoms with Gasteiger partial charge in [-0.1, -0.05) is 76.2 Å². The number of amides is 6. The molecule has 2 aromatic carbocycles. The van der Waals surface area contributed by atoms with Gasteiger partial charge in [0.05, 0.1) is 13.0 Å². The van der Waals surface area contributed by atoms with Gasteiger partial charge in [0.25, 0.3) is 0 Å². The van der Waals surface area contributed by atoms with Gasteiger partial charge in [0.15, 0.2) is 0 Å². The van der Waals surface area contributed by atoms with Crippen LogP contribution in [0.15, 0.2) is 48.5 Å². The quantitative estimate of drug-likeness (QED) is 0.218. The summed E-state index contributed by atoms with van der Waals surface area (Å²) in [4.78, 5) is 96.0. The van der Waals surface area contributed by atoms with Crippen LogP contribution in [-0.4, -0.2) is 139 Å². The van der Waals surface area contributed by atoms with E-state index in [0.717, 1.165) is 32.1 Å². The van der Waals surface area contributed by atoms with Crippen LogP contribution in [0.25, 0.3) is 11.1 Å². The highest BCUT2D eigenvalue weighted by molar-refractivity contribution is 5.95. The maximum Gasteiger partial charge on any atom is 0.410 e. The van der Waals surface area contributed by atoms with Gasteiger partial charge < -0.3 is 35.2 Å². The van der Waals surface area contributed by atoms with Gasteiger partial charge in [-0.3, -0.25) is 33.7 Å². The first kappa shape index (κ1) is 43.9. The second-order valence-electron chi connectivity index (χ2n) is 15.0. The van der Waals surface area contributed by atoms with E-state index >= 15 is 0 Å². The minimum absolute atomic E-state index is 0.0304. The Morgan fingerprint density at radius 3 is 1.78 bits per heavy atom. The number of benzene rings is 2. The summed E-state index contributed by atoms with van der Waals surface area (Å²) in [6.07, 6.45) is -1.09. The van der Waals surface area contributed by atoms with E-state index in [1.807, 2.05) is 62.4 Å². The Balaban J connectivity index is 1.65. The van der Waals surface area contributed by atoms with E-state index in [9.17, 15) is 38.7 Å². The number of hydrogen-bond donors (Lipinski definition) is 3. The number of carboxylic acids is 1. The summed E-state index contributed by atoms with van der Waals surface area (Å²) in [6.45, 7) is 8.26. The molecule has 0 saturated heterocycles. The Morgan fingerprint density at radius 1 is 0.745 bits per heavy atom. The summed E-state index contributed by atoms with van der Waals surface area (Å²) in [5, 5.41) is 14.3. The second-order valence-corrected chi connectivity index (χ2v) is 15.0. The third-order valence-electron chi connectivity index (χ3n) is 9.93. The predicted octanol–water partition coefficient (Wildman–Crippen LogP) is 2.78. The maximum atomic E-state index is 13.7. The second kappa shape index (κ2) is 19.2. The summed E-state index contributed by atoms with van der Waals surface area (Å²) in [7, 11) is 7.17. The number of carbonyl (C=O) groups is 7. The molecule has 6 amide bonds. The molecule has 300 valence electrons. The molecule has 2 aromatic rings. The summed E-state index contributed by atoms with van der Waals surface area (Å²) >= 11 is 0. The van der Waals surface area contributed by atoms with Gasteiger partial charge in [-0.25, -0.2) is 4.79 Å². The summed E-state index contributed by atoms with van der Waals surface area (Å²) in [6, 6.07) is 11.5. The van der Waals surface area contributed by atoms with Gasteiger partial charge in [0, 0.05) is 41.2 Å². The van der Waals surface area contributed by atoms with Crippen LogP contribution >= 0.6 is 0 Å². The first-order chi connectivity index (χ1) is 25.8. The van der Waals surface area contributed by atoms with Crippen LogP contribution in [0.4, 0.5) is 4.79 Å². The largest absolute Gasteiger partial charge is 0.481 e. The number of nitrogens with zero attached hydrogens (tertiary/aromatic N) is 4. The lowest BCUT2D eigenvalue weighted by atomic mass is 9.98. The molecule has 15 nitrogen and oxygen atoms in total. The van der Waals surface area contributed by atoms with E-state index in [0.29, 0.717) is 0 Å². The third kappa shape index (κ3) is 10.8. The molecule has 1 aliphatic rings. The Bertz CT molecular complexity index is 1700. The Morgan fingerprint density at radius 2 is 1.29 bits per heavy atom. The fourth-order valence-electron chi connectivity index (χ4n) is 6.79. The molecule has 0 spiro atoms. The number of hydrogen-bond acceptors (Lipinski definition) is 8. The lowest BCUT2D eigenvalue weighted by molar-refractivity contribution is -0.146. The summed E-state index contributed by atoms with van der Waals surface area (Å²) in [5.41, 5.74) is 4.29. The van der Waals surface area contributed by atoms with Gasteiger partial charge in [-0.15, -0.1) is 0 Å². The van der Waals surface area contributed by atoms with Crippen molar-refractivity contribution in [2.45, 2.75) is 77.5 Å². The molecule has 0 heterocycles. The van der Waals surface area contributed by atoms with Crippen LogP contribution in [0, 0.1) is 11.8 Å². The number of aliphatic carboxylic acids is 1. The molecule has 0 fully saturated rings. The average Bonchev–Trinajstić information content (AvgIpc) is 3.45. The van der Waals surface area contributed by atoms with Crippen molar-refractivity contribution in [1.82, 2.24) is 30.2 Å². The zero-order valence-electron chi connectivity index (χ0n) is 33.5. The van der Waals surface area contributed by atoms with E-state index in [-0.39, 0.29) is 24.9 Å². The molecule has 3 N–H and O–H groups in total. The molecule has 0 bridgehead atoms. The SMILES string of the molecule is CC(C)C[C@@H](C(=O)NCC(=O)N(C)C(C(=O)N[C@@H](CC(=O)O)C(=O)N(C)C)C(C)C)N(C)C(=O)[C@H](C)N(C)C(=O)OCC1c2ccccc2-c2ccccc21. The van der Waals surface area contributed by atoms with Crippen molar-refractivity contribution in [1.29, 1.82) is 0 Å². The average molecular weight is 765 g/mol. The first-order valence-corrected chi connectivity index (χ1v) is 18.4. The number of carboxylic acid groups (broad SMARTS) is 1. The topological polar surface area (TPSA) is 186 Å². The van der Waals surface area contributed by atoms with Crippen LogP contribution < -0.4 is 10.6 Å². The highest BCUT2D eigenvalue weighted by Crippen LogP contribution is 2.44. The highest BCUT2D eigenvalue weighted by atomic mass is 16.6. The maximum absolute atomic E-state index is 13.7. The van der Waals surface area contributed by atoms with Gasteiger partial charge in [-0.2, -0.15) is 0 Å². The lowest BCUT2D eigenvalue weighted by Crippen LogP contribution is -2.58. The zero-order chi connectivity index (χ0) is 41.3. The Labute approximate surface area is 323 Å². The van der Waals surface area contributed by atoms with Crippen LogP contribution in [0.5, 0.6) is 0 Å². The van der Waals surface area contributed by atoms with Gasteiger partial charge in [0.1, 0.15) is 30.8 Å². The number of fused-ring (bicyclic) bond motifs is 3. The molecule has 55 heavy (non-hydrogen) atoms. The number of nitrogens with one attached hydrogen (secondary N) is 2.